The number of hydroxylamine groups is 2. The summed E-state index contributed by atoms with van der Waals surface area (Å²) in [5.41, 5.74) is 1.63. The van der Waals surface area contributed by atoms with E-state index in [1.54, 1.807) is 17.4 Å². The Hall–Kier alpha value is -2.05. The zero-order valence-corrected chi connectivity index (χ0v) is 15.8. The summed E-state index contributed by atoms with van der Waals surface area (Å²) in [5.74, 6) is 1.20. The Balaban J connectivity index is 1.90. The normalized spacial score (nSPS) is 11.5. The van der Waals surface area contributed by atoms with Crippen LogP contribution in [-0.2, 0) is 13.1 Å². The van der Waals surface area contributed by atoms with E-state index in [0.717, 1.165) is 47.9 Å². The Morgan fingerprint density at radius 1 is 1.20 bits per heavy atom. The van der Waals surface area contributed by atoms with Crippen molar-refractivity contribution < 1.29 is 9.94 Å². The largest absolute Gasteiger partial charge is 0.506 e. The molecule has 0 fully saturated rings. The van der Waals surface area contributed by atoms with Crippen LogP contribution in [0.5, 0.6) is 10.8 Å². The van der Waals surface area contributed by atoms with Crippen molar-refractivity contribution in [3.8, 4) is 10.8 Å². The molecular weight excluding hydrogens is 334 g/mol. The summed E-state index contributed by atoms with van der Waals surface area (Å²) in [4.78, 5) is 12.1. The molecule has 0 spiro atoms. The molecule has 0 aliphatic heterocycles. The number of imidazole rings is 1. The number of para-hydroxylation sites is 1. The molecule has 0 atom stereocenters. The Morgan fingerprint density at radius 2 is 2.04 bits per heavy atom. The predicted molar refractivity (Wildman–Crippen MR) is 102 cm³/mol. The van der Waals surface area contributed by atoms with E-state index in [4.69, 9.17) is 9.82 Å². The predicted octanol–water partition coefficient (Wildman–Crippen LogP) is 4.73. The molecule has 1 aromatic carbocycles. The van der Waals surface area contributed by atoms with Gasteiger partial charge in [-0.25, -0.2) is 4.98 Å². The molecule has 134 valence electrons. The van der Waals surface area contributed by atoms with E-state index in [1.165, 1.54) is 4.88 Å². The smallest absolute Gasteiger partial charge is 0.201 e. The van der Waals surface area contributed by atoms with Crippen LogP contribution >= 0.6 is 11.3 Å². The monoisotopic (exact) mass is 359 g/mol. The number of phenolic OH excluding ortho intramolecular Hbond substituents is 1. The summed E-state index contributed by atoms with van der Waals surface area (Å²) in [6.07, 6.45) is 1.97. The average molecular weight is 359 g/mol. The van der Waals surface area contributed by atoms with Gasteiger partial charge < -0.3 is 14.5 Å². The van der Waals surface area contributed by atoms with Crippen molar-refractivity contribution in [2.24, 2.45) is 0 Å². The van der Waals surface area contributed by atoms with E-state index in [9.17, 15) is 5.11 Å². The van der Waals surface area contributed by atoms with Gasteiger partial charge in [-0.05, 0) is 44.0 Å². The van der Waals surface area contributed by atoms with Crippen molar-refractivity contribution in [1.82, 2.24) is 14.6 Å². The fourth-order valence-electron chi connectivity index (χ4n) is 2.95. The average Bonchev–Trinajstić information content (AvgIpc) is 3.13. The second kappa shape index (κ2) is 7.89. The Bertz CT molecular complexity index is 840. The second-order valence-electron chi connectivity index (χ2n) is 6.14. The minimum atomic E-state index is 0.279. The van der Waals surface area contributed by atoms with Crippen LogP contribution in [0.3, 0.4) is 0 Å². The van der Waals surface area contributed by atoms with Crippen LogP contribution in [0.4, 0.5) is 0 Å². The molecule has 0 radical (unpaired) electrons. The van der Waals surface area contributed by atoms with Crippen LogP contribution in [0.1, 0.15) is 37.4 Å². The number of hydrogen-bond donors (Lipinski definition) is 1. The molecule has 0 amide bonds. The maximum atomic E-state index is 10.3. The maximum absolute atomic E-state index is 10.3. The fourth-order valence-corrected chi connectivity index (χ4v) is 3.68. The summed E-state index contributed by atoms with van der Waals surface area (Å²) < 4.78 is 2.11. The van der Waals surface area contributed by atoms with Gasteiger partial charge in [0.25, 0.3) is 0 Å². The van der Waals surface area contributed by atoms with E-state index in [2.05, 4.69) is 31.4 Å². The van der Waals surface area contributed by atoms with Crippen LogP contribution in [-0.4, -0.2) is 26.3 Å². The first kappa shape index (κ1) is 17.8. The highest BCUT2D eigenvalue weighted by Crippen LogP contribution is 2.28. The van der Waals surface area contributed by atoms with Gasteiger partial charge in [0.2, 0.25) is 5.06 Å². The number of rotatable bonds is 8. The number of aryl methyl sites for hydroxylation is 2. The summed E-state index contributed by atoms with van der Waals surface area (Å²) in [5, 5.41) is 13.1. The summed E-state index contributed by atoms with van der Waals surface area (Å²) in [7, 11) is 0. The number of aromatic hydroxyl groups is 1. The fraction of sp³-hybridized carbons (Fsp3) is 0.421. The van der Waals surface area contributed by atoms with Gasteiger partial charge in [-0.15, -0.1) is 16.4 Å². The Kier molecular flexibility index (Phi) is 5.60. The summed E-state index contributed by atoms with van der Waals surface area (Å²) in [6, 6.07) is 9.56. The number of phenols is 1. The SMILES string of the molecule is CCCN(Cc1nc2cccc(O)c2n1CCC)Oc1ccc(C)s1. The molecule has 0 aliphatic rings. The van der Waals surface area contributed by atoms with Gasteiger partial charge in [0.05, 0.1) is 12.1 Å². The molecule has 5 nitrogen and oxygen atoms in total. The lowest BCUT2D eigenvalue weighted by molar-refractivity contribution is -0.0658. The quantitative estimate of drug-likeness (QED) is 0.591. The maximum Gasteiger partial charge on any atom is 0.201 e. The number of aromatic nitrogens is 2. The van der Waals surface area contributed by atoms with Crippen LogP contribution in [0.15, 0.2) is 30.3 Å². The van der Waals surface area contributed by atoms with Gasteiger partial charge >= 0.3 is 0 Å². The third-order valence-electron chi connectivity index (χ3n) is 4.00. The number of hydrogen-bond acceptors (Lipinski definition) is 5. The van der Waals surface area contributed by atoms with Crippen LogP contribution in [0, 0.1) is 6.92 Å². The molecule has 0 saturated carbocycles. The Labute approximate surface area is 152 Å². The van der Waals surface area contributed by atoms with Crippen molar-refractivity contribution >= 4 is 22.4 Å². The molecule has 0 unspecified atom stereocenters. The molecule has 0 saturated heterocycles. The standard InChI is InChI=1S/C19H25N3O2S/c1-4-11-21(24-18-10-9-14(3)25-18)13-17-20-15-7-6-8-16(23)19(15)22(17)12-5-2/h6-10,23H,4-5,11-13H2,1-3H3. The van der Waals surface area contributed by atoms with Gasteiger partial charge in [0.1, 0.15) is 17.1 Å². The molecule has 0 bridgehead atoms. The third-order valence-corrected chi connectivity index (χ3v) is 4.87. The number of benzene rings is 1. The zero-order chi connectivity index (χ0) is 17.8. The van der Waals surface area contributed by atoms with E-state index < -0.39 is 0 Å². The molecule has 25 heavy (non-hydrogen) atoms. The molecule has 2 aromatic heterocycles. The molecule has 6 heteroatoms. The topological polar surface area (TPSA) is 50.5 Å². The van der Waals surface area contributed by atoms with Crippen molar-refractivity contribution in [2.45, 2.75) is 46.7 Å². The molecular formula is C19H25N3O2S. The summed E-state index contributed by atoms with van der Waals surface area (Å²) in [6.45, 7) is 8.56. The second-order valence-corrected chi connectivity index (χ2v) is 7.39. The highest BCUT2D eigenvalue weighted by molar-refractivity contribution is 7.13. The minimum Gasteiger partial charge on any atom is -0.506 e. The van der Waals surface area contributed by atoms with E-state index >= 15 is 0 Å². The number of fused-ring (bicyclic) bond motifs is 1. The lowest BCUT2D eigenvalue weighted by Gasteiger charge is -2.21. The molecule has 2 heterocycles. The van der Waals surface area contributed by atoms with Crippen molar-refractivity contribution in [1.29, 1.82) is 0 Å². The summed E-state index contributed by atoms with van der Waals surface area (Å²) >= 11 is 1.64. The highest BCUT2D eigenvalue weighted by Gasteiger charge is 2.17. The van der Waals surface area contributed by atoms with E-state index in [-0.39, 0.29) is 5.75 Å². The molecule has 0 aliphatic carbocycles. The number of thiophene rings is 1. The first-order chi connectivity index (χ1) is 12.1. The zero-order valence-electron chi connectivity index (χ0n) is 15.0. The highest BCUT2D eigenvalue weighted by atomic mass is 32.1. The first-order valence-electron chi connectivity index (χ1n) is 8.78. The lowest BCUT2D eigenvalue weighted by atomic mass is 10.3. The Morgan fingerprint density at radius 3 is 2.72 bits per heavy atom. The van der Waals surface area contributed by atoms with Crippen LogP contribution in [0.25, 0.3) is 11.0 Å². The van der Waals surface area contributed by atoms with Crippen molar-refractivity contribution in [3.05, 3.63) is 41.0 Å². The van der Waals surface area contributed by atoms with Crippen molar-refractivity contribution in [3.63, 3.8) is 0 Å². The van der Waals surface area contributed by atoms with Crippen LogP contribution < -0.4 is 4.84 Å². The minimum absolute atomic E-state index is 0.279. The lowest BCUT2D eigenvalue weighted by Crippen LogP contribution is -2.29. The van der Waals surface area contributed by atoms with E-state index in [0.29, 0.717) is 6.54 Å². The molecule has 3 aromatic rings. The first-order valence-corrected chi connectivity index (χ1v) is 9.60. The molecule has 3 rings (SSSR count). The number of nitrogens with zero attached hydrogens (tertiary/aromatic N) is 3. The van der Waals surface area contributed by atoms with Gasteiger partial charge in [-0.1, -0.05) is 19.9 Å². The van der Waals surface area contributed by atoms with Crippen molar-refractivity contribution in [2.75, 3.05) is 6.54 Å². The van der Waals surface area contributed by atoms with Gasteiger partial charge in [-0.2, -0.15) is 0 Å². The van der Waals surface area contributed by atoms with Crippen LogP contribution in [0.2, 0.25) is 0 Å². The van der Waals surface area contributed by atoms with Gasteiger partial charge in [0, 0.05) is 18.0 Å². The molecule has 1 N–H and O–H groups in total. The van der Waals surface area contributed by atoms with Gasteiger partial charge in [-0.3, -0.25) is 0 Å². The third kappa shape index (κ3) is 3.96. The van der Waals surface area contributed by atoms with E-state index in [1.807, 2.05) is 23.3 Å². The van der Waals surface area contributed by atoms with Gasteiger partial charge in [0.15, 0.2) is 0 Å².